The molecule has 0 spiro atoms. The normalized spacial score (nSPS) is 15.1. The van der Waals surface area contributed by atoms with Crippen molar-refractivity contribution in [2.24, 2.45) is 17.6 Å². The third-order valence-corrected chi connectivity index (χ3v) is 6.08. The zero-order valence-electron chi connectivity index (χ0n) is 21.9. The van der Waals surface area contributed by atoms with Crippen molar-refractivity contribution in [2.45, 2.75) is 84.0 Å². The molecular formula is C26H40N4O7. The summed E-state index contributed by atoms with van der Waals surface area (Å²) in [5.41, 5.74) is 6.78. The maximum atomic E-state index is 13.3. The van der Waals surface area contributed by atoms with Crippen LogP contribution in [0.15, 0.2) is 30.3 Å². The Bertz CT molecular complexity index is 923. The molecule has 1 aromatic rings. The molecule has 0 aliphatic rings. The molecule has 11 heteroatoms. The highest BCUT2D eigenvalue weighted by molar-refractivity contribution is 5.94. The molecule has 7 N–H and O–H groups in total. The first-order valence-electron chi connectivity index (χ1n) is 12.5. The number of nitrogens with one attached hydrogen (secondary N) is 3. The summed E-state index contributed by atoms with van der Waals surface area (Å²) in [5.74, 6) is -4.65. The lowest BCUT2D eigenvalue weighted by Gasteiger charge is -2.26. The average Bonchev–Trinajstić information content (AvgIpc) is 2.84. The number of benzene rings is 1. The maximum Gasteiger partial charge on any atom is 0.326 e. The van der Waals surface area contributed by atoms with Crippen LogP contribution in [0.2, 0.25) is 0 Å². The van der Waals surface area contributed by atoms with Crippen molar-refractivity contribution in [1.82, 2.24) is 16.0 Å². The number of rotatable bonds is 16. The van der Waals surface area contributed by atoms with Gasteiger partial charge in [-0.2, -0.15) is 0 Å². The number of amides is 3. The lowest BCUT2D eigenvalue weighted by Crippen LogP contribution is -2.58. The molecule has 0 aliphatic carbocycles. The first-order chi connectivity index (χ1) is 17.3. The average molecular weight is 521 g/mol. The van der Waals surface area contributed by atoms with Gasteiger partial charge in [-0.05, 0) is 30.2 Å². The van der Waals surface area contributed by atoms with Gasteiger partial charge in [-0.25, -0.2) is 4.79 Å². The minimum Gasteiger partial charge on any atom is -0.481 e. The van der Waals surface area contributed by atoms with Crippen molar-refractivity contribution in [3.8, 4) is 0 Å². The topological polar surface area (TPSA) is 188 Å². The van der Waals surface area contributed by atoms with E-state index >= 15 is 0 Å². The second-order valence-corrected chi connectivity index (χ2v) is 9.68. The number of hydrogen-bond donors (Lipinski definition) is 6. The van der Waals surface area contributed by atoms with E-state index in [9.17, 15) is 29.1 Å². The summed E-state index contributed by atoms with van der Waals surface area (Å²) in [6.45, 7) is 7.31. The molecule has 0 heterocycles. The molecular weight excluding hydrogens is 480 g/mol. The highest BCUT2D eigenvalue weighted by Crippen LogP contribution is 2.10. The van der Waals surface area contributed by atoms with Crippen molar-refractivity contribution in [3.63, 3.8) is 0 Å². The number of carbonyl (C=O) groups is 5. The maximum absolute atomic E-state index is 13.3. The number of carbonyl (C=O) groups excluding carboxylic acids is 3. The van der Waals surface area contributed by atoms with Crippen LogP contribution >= 0.6 is 0 Å². The molecule has 0 aromatic heterocycles. The van der Waals surface area contributed by atoms with Crippen LogP contribution in [-0.4, -0.2) is 64.0 Å². The number of nitrogens with two attached hydrogens (primary N) is 1. The highest BCUT2D eigenvalue weighted by Gasteiger charge is 2.31. The largest absolute Gasteiger partial charge is 0.481 e. The van der Waals surface area contributed by atoms with Crippen LogP contribution in [0.3, 0.4) is 0 Å². The summed E-state index contributed by atoms with van der Waals surface area (Å²) in [6, 6.07) is 4.43. The summed E-state index contributed by atoms with van der Waals surface area (Å²) in [7, 11) is 0. The molecule has 1 aromatic carbocycles. The van der Waals surface area contributed by atoms with Crippen LogP contribution in [0, 0.1) is 11.8 Å². The van der Waals surface area contributed by atoms with Gasteiger partial charge in [-0.3, -0.25) is 19.2 Å². The van der Waals surface area contributed by atoms with Gasteiger partial charge in [-0.1, -0.05) is 64.4 Å². The second kappa shape index (κ2) is 15.6. The number of hydrogen-bond acceptors (Lipinski definition) is 6. The standard InChI is InChI=1S/C26H40N4O7/c1-5-16(4)22(27)25(35)29-19(14-17-9-7-6-8-10-17)24(34)28-18(11-12-21(31)32)23(33)30-20(26(36)37)13-15(2)3/h6-10,15-16,18-20,22H,5,11-14,27H2,1-4H3,(H,28,34)(H,29,35)(H,30,33)(H,31,32)(H,36,37). The molecule has 0 fully saturated rings. The van der Waals surface area contributed by atoms with Crippen molar-refractivity contribution >= 4 is 29.7 Å². The molecule has 0 saturated carbocycles. The molecule has 0 aliphatic heterocycles. The Morgan fingerprint density at radius 2 is 1.38 bits per heavy atom. The molecule has 5 atom stereocenters. The molecule has 1 rings (SSSR count). The molecule has 0 radical (unpaired) electrons. The molecule has 0 bridgehead atoms. The molecule has 206 valence electrons. The SMILES string of the molecule is CCC(C)C(N)C(=O)NC(Cc1ccccc1)C(=O)NC(CCC(=O)O)C(=O)NC(CC(C)C)C(=O)O. The Balaban J connectivity index is 3.15. The van der Waals surface area contributed by atoms with Crippen LogP contribution in [0.1, 0.15) is 58.9 Å². The van der Waals surface area contributed by atoms with E-state index in [2.05, 4.69) is 16.0 Å². The van der Waals surface area contributed by atoms with Crippen LogP contribution in [0.25, 0.3) is 0 Å². The third-order valence-electron chi connectivity index (χ3n) is 6.08. The summed E-state index contributed by atoms with van der Waals surface area (Å²) in [6.07, 6.45) is 0.210. The van der Waals surface area contributed by atoms with Gasteiger partial charge in [0.1, 0.15) is 18.1 Å². The lowest BCUT2D eigenvalue weighted by atomic mass is 9.98. The Kier molecular flexibility index (Phi) is 13.3. The van der Waals surface area contributed by atoms with Crippen molar-refractivity contribution in [2.75, 3.05) is 0 Å². The lowest BCUT2D eigenvalue weighted by molar-refractivity contribution is -0.143. The molecule has 5 unspecified atom stereocenters. The second-order valence-electron chi connectivity index (χ2n) is 9.68. The summed E-state index contributed by atoms with van der Waals surface area (Å²) < 4.78 is 0. The molecule has 3 amide bonds. The summed E-state index contributed by atoms with van der Waals surface area (Å²) in [5, 5.41) is 26.1. The fourth-order valence-corrected chi connectivity index (χ4v) is 3.61. The molecule has 0 saturated heterocycles. The van der Waals surface area contributed by atoms with E-state index in [1.165, 1.54) is 0 Å². The highest BCUT2D eigenvalue weighted by atomic mass is 16.4. The van der Waals surface area contributed by atoms with Crippen LogP contribution in [0.5, 0.6) is 0 Å². The van der Waals surface area contributed by atoms with Gasteiger partial charge in [0.25, 0.3) is 0 Å². The van der Waals surface area contributed by atoms with Crippen molar-refractivity contribution in [3.05, 3.63) is 35.9 Å². The zero-order valence-corrected chi connectivity index (χ0v) is 21.9. The van der Waals surface area contributed by atoms with E-state index in [-0.39, 0.29) is 31.1 Å². The van der Waals surface area contributed by atoms with E-state index in [0.717, 1.165) is 5.56 Å². The Hall–Kier alpha value is -3.47. The van der Waals surface area contributed by atoms with E-state index in [0.29, 0.717) is 6.42 Å². The van der Waals surface area contributed by atoms with Gasteiger partial charge >= 0.3 is 11.9 Å². The monoisotopic (exact) mass is 520 g/mol. The smallest absolute Gasteiger partial charge is 0.326 e. The fourth-order valence-electron chi connectivity index (χ4n) is 3.61. The van der Waals surface area contributed by atoms with Crippen LogP contribution in [-0.2, 0) is 30.4 Å². The quantitative estimate of drug-likeness (QED) is 0.186. The van der Waals surface area contributed by atoms with Gasteiger partial charge in [0.15, 0.2) is 0 Å². The van der Waals surface area contributed by atoms with E-state index in [1.807, 2.05) is 13.8 Å². The van der Waals surface area contributed by atoms with E-state index in [4.69, 9.17) is 10.8 Å². The van der Waals surface area contributed by atoms with Crippen molar-refractivity contribution < 1.29 is 34.2 Å². The Labute approximate surface area is 217 Å². The third kappa shape index (κ3) is 11.4. The number of carboxylic acids is 2. The van der Waals surface area contributed by atoms with Crippen LogP contribution < -0.4 is 21.7 Å². The zero-order chi connectivity index (χ0) is 28.1. The van der Waals surface area contributed by atoms with Gasteiger partial charge in [-0.15, -0.1) is 0 Å². The summed E-state index contributed by atoms with van der Waals surface area (Å²) >= 11 is 0. The van der Waals surface area contributed by atoms with Crippen LogP contribution in [0.4, 0.5) is 0 Å². The fraction of sp³-hybridized carbons (Fsp3) is 0.577. The first kappa shape index (κ1) is 31.6. The summed E-state index contributed by atoms with van der Waals surface area (Å²) in [4.78, 5) is 61.8. The van der Waals surface area contributed by atoms with Gasteiger partial charge < -0.3 is 31.9 Å². The van der Waals surface area contributed by atoms with E-state index < -0.39 is 60.2 Å². The minimum absolute atomic E-state index is 0.0337. The first-order valence-corrected chi connectivity index (χ1v) is 12.5. The molecule has 37 heavy (non-hydrogen) atoms. The Morgan fingerprint density at radius 3 is 1.89 bits per heavy atom. The van der Waals surface area contributed by atoms with Gasteiger partial charge in [0, 0.05) is 12.8 Å². The Morgan fingerprint density at radius 1 is 0.838 bits per heavy atom. The van der Waals surface area contributed by atoms with Gasteiger partial charge in [0.05, 0.1) is 6.04 Å². The van der Waals surface area contributed by atoms with E-state index in [1.54, 1.807) is 44.2 Å². The predicted octanol–water partition coefficient (Wildman–Crippen LogP) is 1.05. The predicted molar refractivity (Wildman–Crippen MR) is 137 cm³/mol. The number of carboxylic acid groups (broad SMARTS) is 2. The number of aliphatic carboxylic acids is 2. The van der Waals surface area contributed by atoms with Crippen molar-refractivity contribution in [1.29, 1.82) is 0 Å². The minimum atomic E-state index is -1.32. The van der Waals surface area contributed by atoms with Gasteiger partial charge in [0.2, 0.25) is 17.7 Å². The molecule has 11 nitrogen and oxygen atoms in total.